The number of phenolic OH excluding ortho intramolecular Hbond substituents is 1. The van der Waals surface area contributed by atoms with Crippen molar-refractivity contribution in [1.82, 2.24) is 20.2 Å². The maximum absolute atomic E-state index is 9.49. The van der Waals surface area contributed by atoms with Gasteiger partial charge in [-0.2, -0.15) is 10.2 Å². The summed E-state index contributed by atoms with van der Waals surface area (Å²) < 4.78 is 0. The molecule has 6 heteroatoms. The summed E-state index contributed by atoms with van der Waals surface area (Å²) in [5.41, 5.74) is 2.58. The number of benzene rings is 1. The van der Waals surface area contributed by atoms with Gasteiger partial charge in [-0.1, -0.05) is 0 Å². The van der Waals surface area contributed by atoms with Gasteiger partial charge in [0.25, 0.3) is 0 Å². The molecule has 0 aliphatic rings. The van der Waals surface area contributed by atoms with Gasteiger partial charge in [0.2, 0.25) is 0 Å². The van der Waals surface area contributed by atoms with Gasteiger partial charge in [-0.25, -0.2) is 4.98 Å². The summed E-state index contributed by atoms with van der Waals surface area (Å²) in [5.74, 6) is 1.01. The molecule has 2 heterocycles. The molecule has 0 radical (unpaired) electrons. The average molecular weight is 258 g/mol. The van der Waals surface area contributed by atoms with E-state index >= 15 is 0 Å². The number of H-pyrrole nitrogens is 1. The fraction of sp³-hybridized carbons (Fsp3) is 0.0833. The van der Waals surface area contributed by atoms with E-state index in [-0.39, 0.29) is 5.75 Å². The number of nitrogens with zero attached hydrogens (tertiary/aromatic N) is 3. The second kappa shape index (κ2) is 4.30. The number of fused-ring (bicyclic) bond motifs is 1. The van der Waals surface area contributed by atoms with Crippen LogP contribution in [0.4, 0.5) is 0 Å². The Morgan fingerprint density at radius 1 is 1.22 bits per heavy atom. The third-order valence-electron chi connectivity index (χ3n) is 2.64. The largest absolute Gasteiger partial charge is 0.508 e. The highest BCUT2D eigenvalue weighted by molar-refractivity contribution is 7.98. The Bertz CT molecular complexity index is 677. The highest BCUT2D eigenvalue weighted by atomic mass is 32.2. The van der Waals surface area contributed by atoms with Crippen LogP contribution in [-0.4, -0.2) is 31.5 Å². The number of hydrogen-bond acceptors (Lipinski definition) is 5. The van der Waals surface area contributed by atoms with Crippen LogP contribution in [-0.2, 0) is 0 Å². The molecule has 5 nitrogen and oxygen atoms in total. The number of hydrogen-bond donors (Lipinski definition) is 2. The number of aromatic nitrogens is 4. The van der Waals surface area contributed by atoms with Gasteiger partial charge in [0.05, 0.1) is 17.9 Å². The van der Waals surface area contributed by atoms with Gasteiger partial charge in [-0.3, -0.25) is 0 Å². The van der Waals surface area contributed by atoms with Gasteiger partial charge in [0.15, 0.2) is 0 Å². The lowest BCUT2D eigenvalue weighted by molar-refractivity contribution is 0.474. The van der Waals surface area contributed by atoms with Gasteiger partial charge in [0, 0.05) is 10.5 Å². The van der Waals surface area contributed by atoms with Crippen LogP contribution in [0.1, 0.15) is 0 Å². The maximum Gasteiger partial charge on any atom is 0.139 e. The Kier molecular flexibility index (Phi) is 2.64. The van der Waals surface area contributed by atoms with Crippen LogP contribution in [0.3, 0.4) is 0 Å². The first-order chi connectivity index (χ1) is 8.78. The number of phenols is 1. The van der Waals surface area contributed by atoms with Crippen LogP contribution in [0.5, 0.6) is 5.75 Å². The van der Waals surface area contributed by atoms with Crippen molar-refractivity contribution < 1.29 is 5.11 Å². The third kappa shape index (κ3) is 1.80. The molecule has 0 amide bonds. The van der Waals surface area contributed by atoms with E-state index in [1.54, 1.807) is 36.3 Å². The maximum atomic E-state index is 9.49. The van der Waals surface area contributed by atoms with Crippen LogP contribution >= 0.6 is 11.8 Å². The van der Waals surface area contributed by atoms with E-state index in [1.807, 2.05) is 12.3 Å². The van der Waals surface area contributed by atoms with Crippen molar-refractivity contribution >= 4 is 22.8 Å². The van der Waals surface area contributed by atoms with E-state index in [4.69, 9.17) is 0 Å². The molecule has 90 valence electrons. The zero-order chi connectivity index (χ0) is 12.5. The minimum absolute atomic E-state index is 0.252. The lowest BCUT2D eigenvalue weighted by Gasteiger charge is -2.04. The predicted octanol–water partition coefficient (Wildman–Crippen LogP) is 2.45. The number of nitrogens with one attached hydrogen (secondary N) is 1. The fourth-order valence-corrected chi connectivity index (χ4v) is 2.40. The molecule has 2 N–H and O–H groups in total. The lowest BCUT2D eigenvalue weighted by atomic mass is 10.2. The topological polar surface area (TPSA) is 74.7 Å². The molecule has 2 aromatic heterocycles. The smallest absolute Gasteiger partial charge is 0.139 e. The molecule has 0 unspecified atom stereocenters. The molecule has 0 aliphatic carbocycles. The zero-order valence-corrected chi connectivity index (χ0v) is 10.4. The van der Waals surface area contributed by atoms with Gasteiger partial charge in [-0.15, -0.1) is 11.8 Å². The van der Waals surface area contributed by atoms with Crippen molar-refractivity contribution in [3.05, 3.63) is 30.6 Å². The summed E-state index contributed by atoms with van der Waals surface area (Å²) in [4.78, 5) is 8.63. The Morgan fingerprint density at radius 3 is 2.83 bits per heavy atom. The Balaban J connectivity index is 2.19. The first-order valence-corrected chi connectivity index (χ1v) is 6.54. The van der Waals surface area contributed by atoms with E-state index in [0.29, 0.717) is 0 Å². The second-order valence-corrected chi connectivity index (χ2v) is 4.61. The Morgan fingerprint density at radius 2 is 2.06 bits per heavy atom. The van der Waals surface area contributed by atoms with Crippen molar-refractivity contribution in [3.8, 4) is 17.1 Å². The van der Waals surface area contributed by atoms with E-state index in [0.717, 1.165) is 27.3 Å². The van der Waals surface area contributed by atoms with Crippen LogP contribution in [0, 0.1) is 0 Å². The molecule has 0 aliphatic heterocycles. The van der Waals surface area contributed by atoms with Gasteiger partial charge in [0.1, 0.15) is 17.1 Å². The second-order valence-electron chi connectivity index (χ2n) is 3.76. The molecule has 0 saturated carbocycles. The van der Waals surface area contributed by atoms with E-state index < -0.39 is 0 Å². The molecule has 0 atom stereocenters. The Labute approximate surface area is 107 Å². The van der Waals surface area contributed by atoms with Gasteiger partial charge in [-0.05, 0) is 24.5 Å². The molecule has 0 saturated heterocycles. The molecule has 3 rings (SSSR count). The van der Waals surface area contributed by atoms with Crippen molar-refractivity contribution in [2.75, 3.05) is 6.26 Å². The molecular weight excluding hydrogens is 248 g/mol. The summed E-state index contributed by atoms with van der Waals surface area (Å²) in [6.07, 6.45) is 5.23. The lowest BCUT2D eigenvalue weighted by Crippen LogP contribution is -1.84. The number of imidazole rings is 1. The summed E-state index contributed by atoms with van der Waals surface area (Å²) >= 11 is 1.56. The van der Waals surface area contributed by atoms with E-state index in [1.165, 1.54) is 0 Å². The molecule has 0 spiro atoms. The molecule has 0 bridgehead atoms. The van der Waals surface area contributed by atoms with Crippen LogP contribution in [0.2, 0.25) is 0 Å². The summed E-state index contributed by atoms with van der Waals surface area (Å²) in [6.45, 7) is 0. The van der Waals surface area contributed by atoms with Crippen molar-refractivity contribution in [2.45, 2.75) is 4.90 Å². The van der Waals surface area contributed by atoms with Gasteiger partial charge < -0.3 is 10.1 Å². The minimum atomic E-state index is 0.252. The highest BCUT2D eigenvalue weighted by Crippen LogP contribution is 2.32. The standard InChI is InChI=1S/C12H10N4OS/c1-18-11-4-7(17)2-3-8(11)12-15-9-5-13-14-6-10(9)16-12/h2-6,17H,1H3,(H,15,16). The summed E-state index contributed by atoms with van der Waals surface area (Å²) in [5, 5.41) is 17.1. The molecule has 1 aromatic carbocycles. The fourth-order valence-electron chi connectivity index (χ4n) is 1.78. The SMILES string of the molecule is CSc1cc(O)ccc1-c1nc2cnncc2[nH]1. The molecule has 0 fully saturated rings. The van der Waals surface area contributed by atoms with Crippen molar-refractivity contribution in [3.63, 3.8) is 0 Å². The first-order valence-electron chi connectivity index (χ1n) is 5.31. The number of thioether (sulfide) groups is 1. The summed E-state index contributed by atoms with van der Waals surface area (Å²) in [6, 6.07) is 5.22. The van der Waals surface area contributed by atoms with Crippen molar-refractivity contribution in [2.24, 2.45) is 0 Å². The molecular formula is C12H10N4OS. The Hall–Kier alpha value is -2.08. The monoisotopic (exact) mass is 258 g/mol. The van der Waals surface area contributed by atoms with Gasteiger partial charge >= 0.3 is 0 Å². The average Bonchev–Trinajstić information content (AvgIpc) is 2.82. The van der Waals surface area contributed by atoms with Crippen LogP contribution in [0.25, 0.3) is 22.4 Å². The van der Waals surface area contributed by atoms with Crippen molar-refractivity contribution in [1.29, 1.82) is 0 Å². The third-order valence-corrected chi connectivity index (χ3v) is 3.41. The minimum Gasteiger partial charge on any atom is -0.508 e. The first kappa shape index (κ1) is 11.0. The molecule has 3 aromatic rings. The zero-order valence-electron chi connectivity index (χ0n) is 9.58. The van der Waals surface area contributed by atoms with Crippen LogP contribution < -0.4 is 0 Å². The summed E-state index contributed by atoms with van der Waals surface area (Å²) in [7, 11) is 0. The normalized spacial score (nSPS) is 10.9. The quantitative estimate of drug-likeness (QED) is 0.690. The van der Waals surface area contributed by atoms with E-state index in [2.05, 4.69) is 20.2 Å². The van der Waals surface area contributed by atoms with E-state index in [9.17, 15) is 5.11 Å². The van der Waals surface area contributed by atoms with Crippen LogP contribution in [0.15, 0.2) is 35.5 Å². The number of aromatic amines is 1. The molecule has 18 heavy (non-hydrogen) atoms. The number of aromatic hydroxyl groups is 1. The number of rotatable bonds is 2. The highest BCUT2D eigenvalue weighted by Gasteiger charge is 2.10. The predicted molar refractivity (Wildman–Crippen MR) is 70.6 cm³/mol.